The summed E-state index contributed by atoms with van der Waals surface area (Å²) >= 11 is 0. The number of nitrogens with one attached hydrogen (secondary N) is 1. The van der Waals surface area contributed by atoms with Crippen LogP contribution in [0.2, 0.25) is 0 Å². The Morgan fingerprint density at radius 3 is 2.20 bits per heavy atom. The molecular formula is C18H32N2. The highest BCUT2D eigenvalue weighted by molar-refractivity contribution is 5.53. The summed E-state index contributed by atoms with van der Waals surface area (Å²) in [4.78, 5) is 2.54. The standard InChI is InChI=1S/C18H32N2/c1-6-18(7-2,14-19-8-3)15-20(9-4)17-13-11-10-12-16(17)5/h10-13,19H,6-9,14-15H2,1-5H3. The highest BCUT2D eigenvalue weighted by atomic mass is 15.1. The first-order chi connectivity index (χ1) is 9.62. The van der Waals surface area contributed by atoms with Gasteiger partial charge in [0.25, 0.3) is 0 Å². The molecule has 0 saturated carbocycles. The van der Waals surface area contributed by atoms with Gasteiger partial charge >= 0.3 is 0 Å². The third-order valence-electron chi connectivity index (χ3n) is 4.61. The Kier molecular flexibility index (Phi) is 7.08. The van der Waals surface area contributed by atoms with Crippen LogP contribution in [0, 0.1) is 12.3 Å². The summed E-state index contributed by atoms with van der Waals surface area (Å²) in [5, 5.41) is 3.56. The topological polar surface area (TPSA) is 15.3 Å². The molecule has 0 aromatic heterocycles. The first-order valence-electron chi connectivity index (χ1n) is 8.13. The Hall–Kier alpha value is -1.02. The van der Waals surface area contributed by atoms with Crippen molar-refractivity contribution in [1.29, 1.82) is 0 Å². The summed E-state index contributed by atoms with van der Waals surface area (Å²) in [7, 11) is 0. The third-order valence-corrected chi connectivity index (χ3v) is 4.61. The normalized spacial score (nSPS) is 11.7. The molecule has 114 valence electrons. The van der Waals surface area contributed by atoms with Crippen LogP contribution in [0.15, 0.2) is 24.3 Å². The van der Waals surface area contributed by atoms with Crippen molar-refractivity contribution >= 4 is 5.69 Å². The van der Waals surface area contributed by atoms with Crippen molar-refractivity contribution < 1.29 is 0 Å². The fourth-order valence-electron chi connectivity index (χ4n) is 2.86. The molecule has 1 rings (SSSR count). The molecule has 0 radical (unpaired) electrons. The van der Waals surface area contributed by atoms with Gasteiger partial charge < -0.3 is 10.2 Å². The van der Waals surface area contributed by atoms with Crippen LogP contribution in [0.5, 0.6) is 0 Å². The van der Waals surface area contributed by atoms with Gasteiger partial charge in [0.2, 0.25) is 0 Å². The number of hydrogen-bond donors (Lipinski definition) is 1. The summed E-state index contributed by atoms with van der Waals surface area (Å²) < 4.78 is 0. The van der Waals surface area contributed by atoms with E-state index in [0.29, 0.717) is 5.41 Å². The Morgan fingerprint density at radius 1 is 1.05 bits per heavy atom. The molecular weight excluding hydrogens is 244 g/mol. The molecule has 0 fully saturated rings. The van der Waals surface area contributed by atoms with Crippen LogP contribution in [0.4, 0.5) is 5.69 Å². The molecule has 0 unspecified atom stereocenters. The number of aryl methyl sites for hydroxylation is 1. The van der Waals surface area contributed by atoms with Crippen molar-refractivity contribution in [3.8, 4) is 0 Å². The highest BCUT2D eigenvalue weighted by Gasteiger charge is 2.28. The Bertz CT molecular complexity index is 383. The first kappa shape index (κ1) is 17.0. The van der Waals surface area contributed by atoms with Crippen LogP contribution >= 0.6 is 0 Å². The molecule has 0 aliphatic rings. The SMILES string of the molecule is CCNCC(CC)(CC)CN(CC)c1ccccc1C. The lowest BCUT2D eigenvalue weighted by atomic mass is 9.81. The number of benzene rings is 1. The van der Waals surface area contributed by atoms with Crippen molar-refractivity contribution in [1.82, 2.24) is 5.32 Å². The quantitative estimate of drug-likeness (QED) is 0.726. The van der Waals surface area contributed by atoms with Gasteiger partial charge in [-0.25, -0.2) is 0 Å². The predicted octanol–water partition coefficient (Wildman–Crippen LogP) is 4.24. The summed E-state index contributed by atoms with van der Waals surface area (Å²) in [5.74, 6) is 0. The van der Waals surface area contributed by atoms with E-state index in [1.165, 1.54) is 24.1 Å². The lowest BCUT2D eigenvalue weighted by molar-refractivity contribution is 0.255. The van der Waals surface area contributed by atoms with E-state index in [1.807, 2.05) is 0 Å². The molecule has 20 heavy (non-hydrogen) atoms. The van der Waals surface area contributed by atoms with Crippen molar-refractivity contribution in [2.24, 2.45) is 5.41 Å². The lowest BCUT2D eigenvalue weighted by Gasteiger charge is -2.38. The summed E-state index contributed by atoms with van der Waals surface area (Å²) in [6.07, 6.45) is 2.44. The molecule has 2 nitrogen and oxygen atoms in total. The van der Waals surface area contributed by atoms with Gasteiger partial charge in [-0.3, -0.25) is 0 Å². The molecule has 0 atom stereocenters. The van der Waals surface area contributed by atoms with E-state index in [0.717, 1.165) is 26.2 Å². The fourth-order valence-corrected chi connectivity index (χ4v) is 2.86. The van der Waals surface area contributed by atoms with E-state index in [-0.39, 0.29) is 0 Å². The highest BCUT2D eigenvalue weighted by Crippen LogP contribution is 2.30. The second-order valence-corrected chi connectivity index (χ2v) is 5.79. The van der Waals surface area contributed by atoms with E-state index in [4.69, 9.17) is 0 Å². The molecule has 0 heterocycles. The van der Waals surface area contributed by atoms with Gasteiger partial charge in [0.05, 0.1) is 0 Å². The van der Waals surface area contributed by atoms with Crippen LogP contribution in [-0.2, 0) is 0 Å². The zero-order valence-corrected chi connectivity index (χ0v) is 14.0. The van der Waals surface area contributed by atoms with E-state index >= 15 is 0 Å². The van der Waals surface area contributed by atoms with Crippen LogP contribution in [0.3, 0.4) is 0 Å². The molecule has 0 spiro atoms. The Labute approximate surface area is 125 Å². The van der Waals surface area contributed by atoms with Gasteiger partial charge in [-0.1, -0.05) is 39.0 Å². The minimum Gasteiger partial charge on any atom is -0.371 e. The molecule has 1 aromatic carbocycles. The molecule has 0 bridgehead atoms. The second kappa shape index (κ2) is 8.31. The van der Waals surface area contributed by atoms with Gasteiger partial charge in [-0.15, -0.1) is 0 Å². The smallest absolute Gasteiger partial charge is 0.0396 e. The molecule has 2 heteroatoms. The number of anilines is 1. The summed E-state index contributed by atoms with van der Waals surface area (Å²) in [6, 6.07) is 8.73. The zero-order valence-electron chi connectivity index (χ0n) is 14.0. The fraction of sp³-hybridized carbons (Fsp3) is 0.667. The molecule has 0 aliphatic heterocycles. The number of rotatable bonds is 9. The van der Waals surface area contributed by atoms with E-state index in [9.17, 15) is 0 Å². The molecule has 0 amide bonds. The number of hydrogen-bond acceptors (Lipinski definition) is 2. The molecule has 0 saturated heterocycles. The van der Waals surface area contributed by atoms with E-state index in [1.54, 1.807) is 0 Å². The van der Waals surface area contributed by atoms with Gasteiger partial charge in [-0.05, 0) is 50.3 Å². The maximum atomic E-state index is 3.56. The number of nitrogens with zero attached hydrogens (tertiary/aromatic N) is 1. The van der Waals surface area contributed by atoms with Crippen molar-refractivity contribution in [2.75, 3.05) is 31.1 Å². The van der Waals surface area contributed by atoms with Crippen LogP contribution in [0.1, 0.15) is 46.1 Å². The average Bonchev–Trinajstić information content (AvgIpc) is 2.49. The maximum Gasteiger partial charge on any atom is 0.0396 e. The van der Waals surface area contributed by atoms with Crippen molar-refractivity contribution in [2.45, 2.75) is 47.5 Å². The van der Waals surface area contributed by atoms with Gasteiger partial charge in [0.1, 0.15) is 0 Å². The largest absolute Gasteiger partial charge is 0.371 e. The van der Waals surface area contributed by atoms with E-state index < -0.39 is 0 Å². The van der Waals surface area contributed by atoms with Crippen LogP contribution < -0.4 is 10.2 Å². The van der Waals surface area contributed by atoms with Crippen LogP contribution in [-0.4, -0.2) is 26.2 Å². The minimum atomic E-state index is 0.369. The average molecular weight is 276 g/mol. The Morgan fingerprint density at radius 2 is 1.70 bits per heavy atom. The Balaban J connectivity index is 2.91. The first-order valence-corrected chi connectivity index (χ1v) is 8.13. The second-order valence-electron chi connectivity index (χ2n) is 5.79. The maximum absolute atomic E-state index is 3.56. The summed E-state index contributed by atoms with van der Waals surface area (Å²) in [6.45, 7) is 15.7. The number of para-hydroxylation sites is 1. The predicted molar refractivity (Wildman–Crippen MR) is 90.6 cm³/mol. The van der Waals surface area contributed by atoms with Gasteiger partial charge in [0.15, 0.2) is 0 Å². The molecule has 1 N–H and O–H groups in total. The van der Waals surface area contributed by atoms with E-state index in [2.05, 4.69) is 69.1 Å². The van der Waals surface area contributed by atoms with Gasteiger partial charge in [0, 0.05) is 25.3 Å². The minimum absolute atomic E-state index is 0.369. The van der Waals surface area contributed by atoms with Gasteiger partial charge in [-0.2, -0.15) is 0 Å². The zero-order chi connectivity index (χ0) is 15.0. The lowest BCUT2D eigenvalue weighted by Crippen LogP contribution is -2.44. The van der Waals surface area contributed by atoms with Crippen molar-refractivity contribution in [3.63, 3.8) is 0 Å². The molecule has 1 aromatic rings. The van der Waals surface area contributed by atoms with Crippen molar-refractivity contribution in [3.05, 3.63) is 29.8 Å². The summed E-state index contributed by atoms with van der Waals surface area (Å²) in [5.41, 5.74) is 3.13. The molecule has 0 aliphatic carbocycles. The third kappa shape index (κ3) is 4.24. The monoisotopic (exact) mass is 276 g/mol. The van der Waals surface area contributed by atoms with Crippen LogP contribution in [0.25, 0.3) is 0 Å².